The minimum atomic E-state index is -0.471. The number of rotatable bonds is 5. The number of carbonyl (C=O) groups excluding carboxylic acids is 1. The molecule has 0 saturated carbocycles. The molecule has 7 nitrogen and oxygen atoms in total. The Morgan fingerprint density at radius 3 is 2.83 bits per heavy atom. The molecule has 0 radical (unpaired) electrons. The molecular weight excluding hydrogens is 310 g/mol. The van der Waals surface area contributed by atoms with Crippen LogP contribution in [-0.2, 0) is 6.54 Å². The second-order valence-electron chi connectivity index (χ2n) is 5.24. The van der Waals surface area contributed by atoms with Gasteiger partial charge in [0.25, 0.3) is 11.6 Å². The highest BCUT2D eigenvalue weighted by atomic mass is 16.6. The molecule has 0 fully saturated rings. The van der Waals surface area contributed by atoms with Gasteiger partial charge in [-0.25, -0.2) is 0 Å². The van der Waals surface area contributed by atoms with Gasteiger partial charge in [0, 0.05) is 30.9 Å². The number of carbonyl (C=O) groups is 1. The highest BCUT2D eigenvalue weighted by Crippen LogP contribution is 2.27. The van der Waals surface area contributed by atoms with Crippen molar-refractivity contribution in [2.24, 2.45) is 0 Å². The predicted molar refractivity (Wildman–Crippen MR) is 87.5 cm³/mol. The topological polar surface area (TPSA) is 89.5 Å². The maximum absolute atomic E-state index is 12.9. The van der Waals surface area contributed by atoms with Gasteiger partial charge in [0.15, 0.2) is 0 Å². The van der Waals surface area contributed by atoms with Crippen LogP contribution >= 0.6 is 0 Å². The highest BCUT2D eigenvalue weighted by Gasteiger charge is 2.22. The normalized spacial score (nSPS) is 10.7. The molecule has 122 valence electrons. The van der Waals surface area contributed by atoms with E-state index in [1.54, 1.807) is 35.6 Å². The SMILES string of the molecule is CCN(Cc1ccoc1)C(=O)c1ccc([N+](=O)[O-])c2cccnc12. The van der Waals surface area contributed by atoms with E-state index in [0.717, 1.165) is 5.56 Å². The Hall–Kier alpha value is -3.22. The van der Waals surface area contributed by atoms with Crippen molar-refractivity contribution in [1.82, 2.24) is 9.88 Å². The molecule has 1 aromatic carbocycles. The number of amides is 1. The van der Waals surface area contributed by atoms with Crippen LogP contribution in [0.25, 0.3) is 10.9 Å². The zero-order valence-corrected chi connectivity index (χ0v) is 13.0. The van der Waals surface area contributed by atoms with Gasteiger partial charge in [0.1, 0.15) is 0 Å². The Bertz CT molecular complexity index is 890. The van der Waals surface area contributed by atoms with E-state index in [1.807, 2.05) is 6.92 Å². The number of hydrogen-bond donors (Lipinski definition) is 0. The van der Waals surface area contributed by atoms with Gasteiger partial charge < -0.3 is 9.32 Å². The average Bonchev–Trinajstić information content (AvgIpc) is 3.11. The Morgan fingerprint density at radius 1 is 1.33 bits per heavy atom. The molecule has 1 amide bonds. The Labute approximate surface area is 137 Å². The van der Waals surface area contributed by atoms with E-state index in [0.29, 0.717) is 29.6 Å². The van der Waals surface area contributed by atoms with Crippen molar-refractivity contribution in [2.75, 3.05) is 6.54 Å². The smallest absolute Gasteiger partial charge is 0.278 e. The summed E-state index contributed by atoms with van der Waals surface area (Å²) in [6.45, 7) is 2.77. The molecule has 0 bridgehead atoms. The van der Waals surface area contributed by atoms with Gasteiger partial charge in [-0.1, -0.05) is 0 Å². The number of nitro benzene ring substituents is 1. The van der Waals surface area contributed by atoms with Gasteiger partial charge in [-0.15, -0.1) is 0 Å². The van der Waals surface area contributed by atoms with Crippen molar-refractivity contribution < 1.29 is 14.1 Å². The fourth-order valence-electron chi connectivity index (χ4n) is 2.59. The monoisotopic (exact) mass is 325 g/mol. The molecule has 3 aromatic rings. The predicted octanol–water partition coefficient (Wildman–Crippen LogP) is 3.40. The van der Waals surface area contributed by atoms with Crippen LogP contribution in [0, 0.1) is 10.1 Å². The minimum Gasteiger partial charge on any atom is -0.472 e. The summed E-state index contributed by atoms with van der Waals surface area (Å²) in [4.78, 5) is 29.4. The van der Waals surface area contributed by atoms with Crippen molar-refractivity contribution in [3.05, 3.63) is 70.3 Å². The van der Waals surface area contributed by atoms with Gasteiger partial charge in [0.05, 0.1) is 33.9 Å². The fourth-order valence-corrected chi connectivity index (χ4v) is 2.59. The Kier molecular flexibility index (Phi) is 4.24. The van der Waals surface area contributed by atoms with Gasteiger partial charge >= 0.3 is 0 Å². The number of fused-ring (bicyclic) bond motifs is 1. The second kappa shape index (κ2) is 6.49. The number of nitrogens with zero attached hydrogens (tertiary/aromatic N) is 3. The molecule has 2 aromatic heterocycles. The summed E-state index contributed by atoms with van der Waals surface area (Å²) in [5.74, 6) is -0.225. The molecule has 0 N–H and O–H groups in total. The summed E-state index contributed by atoms with van der Waals surface area (Å²) in [5, 5.41) is 11.5. The molecule has 7 heteroatoms. The molecule has 3 rings (SSSR count). The lowest BCUT2D eigenvalue weighted by molar-refractivity contribution is -0.383. The maximum atomic E-state index is 12.9. The van der Waals surface area contributed by atoms with Crippen molar-refractivity contribution >= 4 is 22.5 Å². The summed E-state index contributed by atoms with van der Waals surface area (Å²) < 4.78 is 5.03. The van der Waals surface area contributed by atoms with Crippen molar-refractivity contribution in [3.63, 3.8) is 0 Å². The third-order valence-corrected chi connectivity index (χ3v) is 3.80. The number of benzene rings is 1. The van der Waals surface area contributed by atoms with E-state index < -0.39 is 4.92 Å². The molecule has 24 heavy (non-hydrogen) atoms. The zero-order chi connectivity index (χ0) is 17.1. The third kappa shape index (κ3) is 2.83. The van der Waals surface area contributed by atoms with Gasteiger partial charge in [-0.05, 0) is 31.2 Å². The first kappa shape index (κ1) is 15.7. The van der Waals surface area contributed by atoms with Crippen LogP contribution in [0.4, 0.5) is 5.69 Å². The summed E-state index contributed by atoms with van der Waals surface area (Å²) in [7, 11) is 0. The van der Waals surface area contributed by atoms with E-state index >= 15 is 0 Å². The first-order valence-electron chi connectivity index (χ1n) is 7.44. The molecule has 0 spiro atoms. The van der Waals surface area contributed by atoms with E-state index in [2.05, 4.69) is 4.98 Å². The third-order valence-electron chi connectivity index (χ3n) is 3.80. The van der Waals surface area contributed by atoms with Gasteiger partial charge in [-0.2, -0.15) is 0 Å². The van der Waals surface area contributed by atoms with Crippen LogP contribution in [0.1, 0.15) is 22.8 Å². The number of pyridine rings is 1. The number of hydrogen-bond acceptors (Lipinski definition) is 5. The minimum absolute atomic E-state index is 0.0625. The molecule has 0 aliphatic carbocycles. The van der Waals surface area contributed by atoms with Crippen LogP contribution in [0.15, 0.2) is 53.5 Å². The largest absolute Gasteiger partial charge is 0.472 e. The lowest BCUT2D eigenvalue weighted by Crippen LogP contribution is -2.30. The molecule has 0 unspecified atom stereocenters. The van der Waals surface area contributed by atoms with Crippen LogP contribution in [0.3, 0.4) is 0 Å². The van der Waals surface area contributed by atoms with Crippen molar-refractivity contribution in [3.8, 4) is 0 Å². The van der Waals surface area contributed by atoms with Gasteiger partial charge in [0.2, 0.25) is 0 Å². The van der Waals surface area contributed by atoms with Crippen LogP contribution in [0.5, 0.6) is 0 Å². The summed E-state index contributed by atoms with van der Waals surface area (Å²) in [6.07, 6.45) is 4.66. The summed E-state index contributed by atoms with van der Waals surface area (Å²) in [5.41, 5.74) is 1.50. The lowest BCUT2D eigenvalue weighted by atomic mass is 10.1. The fraction of sp³-hybridized carbons (Fsp3) is 0.176. The number of nitro groups is 1. The molecule has 0 aliphatic heterocycles. The Morgan fingerprint density at radius 2 is 2.17 bits per heavy atom. The Balaban J connectivity index is 2.03. The van der Waals surface area contributed by atoms with E-state index in [1.165, 1.54) is 18.3 Å². The van der Waals surface area contributed by atoms with E-state index in [-0.39, 0.29) is 11.6 Å². The maximum Gasteiger partial charge on any atom is 0.278 e. The first-order chi connectivity index (χ1) is 11.6. The molecule has 0 aliphatic rings. The highest BCUT2D eigenvalue weighted by molar-refractivity contribution is 6.07. The number of furan rings is 1. The summed E-state index contributed by atoms with van der Waals surface area (Å²) in [6, 6.07) is 7.83. The summed E-state index contributed by atoms with van der Waals surface area (Å²) >= 11 is 0. The molecule has 0 saturated heterocycles. The van der Waals surface area contributed by atoms with Crippen molar-refractivity contribution in [1.29, 1.82) is 0 Å². The number of non-ortho nitro benzene ring substituents is 1. The van der Waals surface area contributed by atoms with Crippen molar-refractivity contribution in [2.45, 2.75) is 13.5 Å². The number of aromatic nitrogens is 1. The van der Waals surface area contributed by atoms with E-state index in [4.69, 9.17) is 4.42 Å². The second-order valence-corrected chi connectivity index (χ2v) is 5.24. The quantitative estimate of drug-likeness (QED) is 0.530. The zero-order valence-electron chi connectivity index (χ0n) is 13.0. The van der Waals surface area contributed by atoms with Crippen LogP contribution in [-0.4, -0.2) is 27.3 Å². The molecule has 2 heterocycles. The van der Waals surface area contributed by atoms with Gasteiger partial charge in [-0.3, -0.25) is 19.9 Å². The lowest BCUT2D eigenvalue weighted by Gasteiger charge is -2.20. The average molecular weight is 325 g/mol. The van der Waals surface area contributed by atoms with Crippen LogP contribution in [0.2, 0.25) is 0 Å². The standard InChI is InChI=1S/C17H15N3O4/c1-2-19(10-12-7-9-24-11-12)17(21)14-5-6-15(20(22)23)13-4-3-8-18-16(13)14/h3-9,11H,2,10H2,1H3. The van der Waals surface area contributed by atoms with Crippen LogP contribution < -0.4 is 0 Å². The van der Waals surface area contributed by atoms with E-state index in [9.17, 15) is 14.9 Å². The first-order valence-corrected chi connectivity index (χ1v) is 7.44. The molecule has 0 atom stereocenters. The molecular formula is C17H15N3O4.